The summed E-state index contributed by atoms with van der Waals surface area (Å²) in [6.07, 6.45) is 0.391. The van der Waals surface area contributed by atoms with Crippen molar-refractivity contribution in [3.8, 4) is 6.07 Å². The van der Waals surface area contributed by atoms with Crippen molar-refractivity contribution in [2.75, 3.05) is 25.5 Å². The predicted octanol–water partition coefficient (Wildman–Crippen LogP) is 0.172. The summed E-state index contributed by atoms with van der Waals surface area (Å²) in [4.78, 5) is 13.0. The number of anilines is 1. The molecule has 0 fully saturated rings. The van der Waals surface area contributed by atoms with Gasteiger partial charge in [0.1, 0.15) is 17.5 Å². The second-order valence-electron chi connectivity index (χ2n) is 3.86. The van der Waals surface area contributed by atoms with E-state index in [2.05, 4.69) is 16.5 Å². The van der Waals surface area contributed by atoms with Crippen LogP contribution in [0.3, 0.4) is 0 Å². The third kappa shape index (κ3) is 2.75. The minimum atomic E-state index is -0.0192. The lowest BCUT2D eigenvalue weighted by Gasteiger charge is -2.18. The van der Waals surface area contributed by atoms with E-state index in [4.69, 9.17) is 5.26 Å². The summed E-state index contributed by atoms with van der Waals surface area (Å²) in [6.45, 7) is 2.35. The van der Waals surface area contributed by atoms with E-state index < -0.39 is 0 Å². The SMILES string of the molecule is CNC(=O)CCN(C)c1c(C#N)c(C)nn1C. The van der Waals surface area contributed by atoms with Gasteiger partial charge in [-0.1, -0.05) is 0 Å². The van der Waals surface area contributed by atoms with E-state index >= 15 is 0 Å². The molecule has 0 aromatic carbocycles. The Balaban J connectivity index is 2.86. The van der Waals surface area contributed by atoms with Crippen LogP contribution >= 0.6 is 0 Å². The van der Waals surface area contributed by atoms with Gasteiger partial charge in [-0.3, -0.25) is 9.48 Å². The van der Waals surface area contributed by atoms with Gasteiger partial charge in [0.2, 0.25) is 5.91 Å². The van der Waals surface area contributed by atoms with Crippen LogP contribution in [0.5, 0.6) is 0 Å². The van der Waals surface area contributed by atoms with Crippen molar-refractivity contribution in [3.63, 3.8) is 0 Å². The lowest BCUT2D eigenvalue weighted by Crippen LogP contribution is -2.28. The lowest BCUT2D eigenvalue weighted by atomic mass is 10.2. The molecule has 6 nitrogen and oxygen atoms in total. The molecule has 0 atom stereocenters. The molecule has 92 valence electrons. The second kappa shape index (κ2) is 5.34. The van der Waals surface area contributed by atoms with Gasteiger partial charge in [-0.05, 0) is 6.92 Å². The fourth-order valence-electron chi connectivity index (χ4n) is 1.71. The number of nitriles is 1. The van der Waals surface area contributed by atoms with Crippen LogP contribution in [0.1, 0.15) is 17.7 Å². The van der Waals surface area contributed by atoms with Gasteiger partial charge in [-0.25, -0.2) is 0 Å². The average molecular weight is 235 g/mol. The average Bonchev–Trinajstić information content (AvgIpc) is 2.59. The zero-order valence-electron chi connectivity index (χ0n) is 10.6. The summed E-state index contributed by atoms with van der Waals surface area (Å²) in [6, 6.07) is 2.14. The fourth-order valence-corrected chi connectivity index (χ4v) is 1.71. The van der Waals surface area contributed by atoms with Crippen LogP contribution in [0.15, 0.2) is 0 Å². The topological polar surface area (TPSA) is 74.0 Å². The van der Waals surface area contributed by atoms with E-state index in [-0.39, 0.29) is 5.91 Å². The number of aromatic nitrogens is 2. The molecule has 0 saturated heterocycles. The van der Waals surface area contributed by atoms with Gasteiger partial charge in [-0.15, -0.1) is 0 Å². The lowest BCUT2D eigenvalue weighted by molar-refractivity contribution is -0.120. The first-order valence-electron chi connectivity index (χ1n) is 5.36. The summed E-state index contributed by atoms with van der Waals surface area (Å²) < 4.78 is 1.66. The van der Waals surface area contributed by atoms with Crippen LogP contribution in [0.4, 0.5) is 5.82 Å². The van der Waals surface area contributed by atoms with Gasteiger partial charge in [0, 0.05) is 34.1 Å². The van der Waals surface area contributed by atoms with Gasteiger partial charge in [-0.2, -0.15) is 10.4 Å². The summed E-state index contributed by atoms with van der Waals surface area (Å²) in [5.74, 6) is 0.725. The van der Waals surface area contributed by atoms with Crippen LogP contribution < -0.4 is 10.2 Å². The maximum Gasteiger partial charge on any atom is 0.221 e. The predicted molar refractivity (Wildman–Crippen MR) is 64.6 cm³/mol. The largest absolute Gasteiger partial charge is 0.359 e. The highest BCUT2D eigenvalue weighted by molar-refractivity contribution is 5.76. The first kappa shape index (κ1) is 13.0. The zero-order valence-corrected chi connectivity index (χ0v) is 10.6. The maximum absolute atomic E-state index is 11.2. The van der Waals surface area contributed by atoms with Crippen molar-refractivity contribution < 1.29 is 4.79 Å². The number of nitrogens with zero attached hydrogens (tertiary/aromatic N) is 4. The molecule has 0 aliphatic rings. The fraction of sp³-hybridized carbons (Fsp3) is 0.545. The van der Waals surface area contributed by atoms with Crippen LogP contribution in [-0.2, 0) is 11.8 Å². The molecule has 0 unspecified atom stereocenters. The zero-order chi connectivity index (χ0) is 13.0. The number of hydrogen-bond acceptors (Lipinski definition) is 4. The van der Waals surface area contributed by atoms with Gasteiger partial charge in [0.15, 0.2) is 0 Å². The third-order valence-electron chi connectivity index (χ3n) is 2.62. The molecule has 1 aromatic rings. The molecule has 0 aliphatic carbocycles. The molecule has 1 rings (SSSR count). The third-order valence-corrected chi connectivity index (χ3v) is 2.62. The Morgan fingerprint density at radius 2 is 2.29 bits per heavy atom. The maximum atomic E-state index is 11.2. The molecular weight excluding hydrogens is 218 g/mol. The Labute approximate surface area is 101 Å². The number of hydrogen-bond donors (Lipinski definition) is 1. The molecular formula is C11H17N5O. The molecule has 1 amide bonds. The summed E-state index contributed by atoms with van der Waals surface area (Å²) in [5.41, 5.74) is 1.27. The Morgan fingerprint density at radius 3 is 2.82 bits per heavy atom. The number of amides is 1. The van der Waals surface area contributed by atoms with E-state index in [0.717, 1.165) is 5.82 Å². The van der Waals surface area contributed by atoms with Crippen molar-refractivity contribution in [2.24, 2.45) is 7.05 Å². The normalized spacial score (nSPS) is 9.82. The summed E-state index contributed by atoms with van der Waals surface area (Å²) in [5, 5.41) is 15.8. The summed E-state index contributed by atoms with van der Waals surface area (Å²) >= 11 is 0. The number of nitrogens with one attached hydrogen (secondary N) is 1. The van der Waals surface area contributed by atoms with Crippen LogP contribution in [0.25, 0.3) is 0 Å². The first-order chi connectivity index (χ1) is 8.01. The molecule has 1 aromatic heterocycles. The smallest absolute Gasteiger partial charge is 0.221 e. The van der Waals surface area contributed by atoms with Crippen molar-refractivity contribution in [3.05, 3.63) is 11.3 Å². The Bertz CT molecular complexity index is 457. The number of rotatable bonds is 4. The molecule has 0 aliphatic heterocycles. The first-order valence-corrected chi connectivity index (χ1v) is 5.36. The quantitative estimate of drug-likeness (QED) is 0.807. The molecule has 1 N–H and O–H groups in total. The monoisotopic (exact) mass is 235 g/mol. The molecule has 0 saturated carbocycles. The Hall–Kier alpha value is -2.03. The van der Waals surface area contributed by atoms with Gasteiger partial charge < -0.3 is 10.2 Å². The number of carbonyl (C=O) groups excluding carboxylic acids is 1. The minimum Gasteiger partial charge on any atom is -0.359 e. The highest BCUT2D eigenvalue weighted by atomic mass is 16.1. The van der Waals surface area contributed by atoms with Gasteiger partial charge >= 0.3 is 0 Å². The van der Waals surface area contributed by atoms with Crippen molar-refractivity contribution in [1.29, 1.82) is 5.26 Å². The highest BCUT2D eigenvalue weighted by Gasteiger charge is 2.16. The van der Waals surface area contributed by atoms with Crippen LogP contribution in [0.2, 0.25) is 0 Å². The van der Waals surface area contributed by atoms with Crippen molar-refractivity contribution in [2.45, 2.75) is 13.3 Å². The molecule has 17 heavy (non-hydrogen) atoms. The van der Waals surface area contributed by atoms with Crippen molar-refractivity contribution >= 4 is 11.7 Å². The van der Waals surface area contributed by atoms with Gasteiger partial charge in [0.25, 0.3) is 0 Å². The van der Waals surface area contributed by atoms with E-state index in [1.165, 1.54) is 0 Å². The highest BCUT2D eigenvalue weighted by Crippen LogP contribution is 2.20. The van der Waals surface area contributed by atoms with Gasteiger partial charge in [0.05, 0.1) is 5.69 Å². The molecule has 1 heterocycles. The Morgan fingerprint density at radius 1 is 1.65 bits per heavy atom. The number of carbonyl (C=O) groups is 1. The van der Waals surface area contributed by atoms with E-state index in [1.54, 1.807) is 25.7 Å². The number of aryl methyl sites for hydroxylation is 2. The summed E-state index contributed by atoms with van der Waals surface area (Å²) in [7, 11) is 5.25. The van der Waals surface area contributed by atoms with Crippen LogP contribution in [-0.4, -0.2) is 36.3 Å². The van der Waals surface area contributed by atoms with Crippen molar-refractivity contribution in [1.82, 2.24) is 15.1 Å². The van der Waals surface area contributed by atoms with E-state index in [9.17, 15) is 4.79 Å². The van der Waals surface area contributed by atoms with E-state index in [0.29, 0.717) is 24.2 Å². The molecule has 0 radical (unpaired) electrons. The molecule has 0 spiro atoms. The molecule has 0 bridgehead atoms. The standard InChI is InChI=1S/C11H17N5O/c1-8-9(7-12)11(16(4)14-8)15(3)6-5-10(17)13-2/h5-6H2,1-4H3,(H,13,17). The Kier molecular flexibility index (Phi) is 4.10. The molecule has 6 heteroatoms. The second-order valence-corrected chi connectivity index (χ2v) is 3.86. The van der Waals surface area contributed by atoms with E-state index in [1.807, 2.05) is 11.9 Å². The minimum absolute atomic E-state index is 0.0192. The van der Waals surface area contributed by atoms with Crippen LogP contribution in [0, 0.1) is 18.3 Å².